The van der Waals surface area contributed by atoms with Gasteiger partial charge in [0.15, 0.2) is 0 Å². The van der Waals surface area contributed by atoms with Gasteiger partial charge in [0.05, 0.1) is 6.61 Å². The van der Waals surface area contributed by atoms with Gasteiger partial charge in [-0.05, 0) is 43.6 Å². The highest BCUT2D eigenvalue weighted by atomic mass is 16.3. The van der Waals surface area contributed by atoms with Crippen LogP contribution in [0, 0.1) is 5.92 Å². The topological polar surface area (TPSA) is 32.3 Å². The van der Waals surface area contributed by atoms with E-state index in [1.807, 2.05) is 6.07 Å². The first-order valence-corrected chi connectivity index (χ1v) is 7.18. The summed E-state index contributed by atoms with van der Waals surface area (Å²) in [4.78, 5) is 0. The summed E-state index contributed by atoms with van der Waals surface area (Å²) in [6, 6.07) is 11.2. The average molecular weight is 247 g/mol. The molecule has 0 heterocycles. The van der Waals surface area contributed by atoms with Crippen molar-refractivity contribution in [3.63, 3.8) is 0 Å². The molecule has 0 aliphatic heterocycles. The Kier molecular flexibility index (Phi) is 5.21. The zero-order valence-corrected chi connectivity index (χ0v) is 11.3. The number of nitrogens with one attached hydrogen (secondary N) is 1. The van der Waals surface area contributed by atoms with Crippen molar-refractivity contribution in [1.29, 1.82) is 0 Å². The number of aliphatic hydroxyl groups is 1. The lowest BCUT2D eigenvalue weighted by Gasteiger charge is -2.30. The lowest BCUT2D eigenvalue weighted by Crippen LogP contribution is -2.43. The summed E-state index contributed by atoms with van der Waals surface area (Å²) < 4.78 is 0. The number of aliphatic hydroxyl groups excluding tert-OH is 1. The summed E-state index contributed by atoms with van der Waals surface area (Å²) in [5, 5.41) is 13.1. The van der Waals surface area contributed by atoms with Crippen molar-refractivity contribution in [3.05, 3.63) is 35.9 Å². The van der Waals surface area contributed by atoms with E-state index in [-0.39, 0.29) is 12.6 Å². The minimum Gasteiger partial charge on any atom is -0.395 e. The maximum Gasteiger partial charge on any atom is 0.0587 e. The van der Waals surface area contributed by atoms with Crippen LogP contribution < -0.4 is 5.32 Å². The Morgan fingerprint density at radius 1 is 1.17 bits per heavy atom. The lowest BCUT2D eigenvalue weighted by atomic mass is 9.87. The molecule has 2 rings (SSSR count). The Hall–Kier alpha value is -0.860. The van der Waals surface area contributed by atoms with Crippen LogP contribution in [-0.4, -0.2) is 23.8 Å². The fourth-order valence-electron chi connectivity index (χ4n) is 2.83. The van der Waals surface area contributed by atoms with Crippen molar-refractivity contribution in [2.75, 3.05) is 6.61 Å². The van der Waals surface area contributed by atoms with E-state index < -0.39 is 0 Å². The van der Waals surface area contributed by atoms with Crippen molar-refractivity contribution in [2.45, 2.75) is 51.1 Å². The van der Waals surface area contributed by atoms with Crippen LogP contribution in [0.5, 0.6) is 0 Å². The first-order valence-electron chi connectivity index (χ1n) is 7.18. The monoisotopic (exact) mass is 247 g/mol. The molecule has 2 heteroatoms. The Morgan fingerprint density at radius 2 is 1.83 bits per heavy atom. The summed E-state index contributed by atoms with van der Waals surface area (Å²) >= 11 is 0. The molecule has 0 radical (unpaired) electrons. The summed E-state index contributed by atoms with van der Waals surface area (Å²) in [6.45, 7) is 2.56. The van der Waals surface area contributed by atoms with Gasteiger partial charge in [-0.25, -0.2) is 0 Å². The molecule has 18 heavy (non-hydrogen) atoms. The SMILES string of the molecule is CC1CCC(N[C@@H](CO)Cc2ccccc2)CC1. The summed E-state index contributed by atoms with van der Waals surface area (Å²) in [5.74, 6) is 0.879. The summed E-state index contributed by atoms with van der Waals surface area (Å²) in [7, 11) is 0. The molecule has 1 atom stereocenters. The van der Waals surface area contributed by atoms with Gasteiger partial charge in [-0.1, -0.05) is 37.3 Å². The molecule has 0 unspecified atom stereocenters. The molecule has 1 aromatic carbocycles. The van der Waals surface area contributed by atoms with Crippen molar-refractivity contribution >= 4 is 0 Å². The van der Waals surface area contributed by atoms with Gasteiger partial charge in [-0.3, -0.25) is 0 Å². The fourth-order valence-corrected chi connectivity index (χ4v) is 2.83. The van der Waals surface area contributed by atoms with E-state index in [1.165, 1.54) is 31.2 Å². The van der Waals surface area contributed by atoms with Gasteiger partial charge in [0.25, 0.3) is 0 Å². The predicted octanol–water partition coefficient (Wildman–Crippen LogP) is 2.76. The third kappa shape index (κ3) is 4.11. The van der Waals surface area contributed by atoms with Gasteiger partial charge in [0.2, 0.25) is 0 Å². The molecule has 1 aromatic rings. The van der Waals surface area contributed by atoms with Gasteiger partial charge in [0, 0.05) is 12.1 Å². The van der Waals surface area contributed by atoms with Gasteiger partial charge in [0.1, 0.15) is 0 Å². The molecule has 0 saturated heterocycles. The van der Waals surface area contributed by atoms with Gasteiger partial charge in [-0.15, -0.1) is 0 Å². The van der Waals surface area contributed by atoms with Crippen LogP contribution >= 0.6 is 0 Å². The van der Waals surface area contributed by atoms with Crippen LogP contribution in [-0.2, 0) is 6.42 Å². The minimum absolute atomic E-state index is 0.200. The molecule has 2 N–H and O–H groups in total. The third-order valence-electron chi connectivity index (χ3n) is 4.03. The maximum absolute atomic E-state index is 9.51. The van der Waals surface area contributed by atoms with Crippen molar-refractivity contribution in [3.8, 4) is 0 Å². The fraction of sp³-hybridized carbons (Fsp3) is 0.625. The Balaban J connectivity index is 1.82. The van der Waals surface area contributed by atoms with Gasteiger partial charge in [-0.2, -0.15) is 0 Å². The van der Waals surface area contributed by atoms with Gasteiger partial charge >= 0.3 is 0 Å². The molecule has 2 nitrogen and oxygen atoms in total. The van der Waals surface area contributed by atoms with Crippen LogP contribution in [0.25, 0.3) is 0 Å². The second kappa shape index (κ2) is 6.91. The first kappa shape index (κ1) is 13.6. The van der Waals surface area contributed by atoms with E-state index in [0.717, 1.165) is 12.3 Å². The zero-order chi connectivity index (χ0) is 12.8. The Bertz CT molecular complexity index is 330. The normalized spacial score (nSPS) is 25.9. The standard InChI is InChI=1S/C16H25NO/c1-13-7-9-15(10-8-13)17-16(12-18)11-14-5-3-2-4-6-14/h2-6,13,15-18H,7-12H2,1H3/t13?,15?,16-/m1/s1. The number of hydrogen-bond donors (Lipinski definition) is 2. The minimum atomic E-state index is 0.200. The van der Waals surface area contributed by atoms with Gasteiger partial charge < -0.3 is 10.4 Å². The summed E-state index contributed by atoms with van der Waals surface area (Å²) in [5.41, 5.74) is 1.30. The second-order valence-electron chi connectivity index (χ2n) is 5.69. The van der Waals surface area contributed by atoms with Crippen LogP contribution in [0.15, 0.2) is 30.3 Å². The molecule has 0 aromatic heterocycles. The Morgan fingerprint density at radius 3 is 2.44 bits per heavy atom. The zero-order valence-electron chi connectivity index (χ0n) is 11.3. The molecule has 0 bridgehead atoms. The highest BCUT2D eigenvalue weighted by Gasteiger charge is 2.20. The first-order chi connectivity index (χ1) is 8.78. The molecular weight excluding hydrogens is 222 g/mol. The summed E-state index contributed by atoms with van der Waals surface area (Å²) in [6.07, 6.45) is 6.07. The van der Waals surface area contributed by atoms with Crippen LogP contribution in [0.3, 0.4) is 0 Å². The van der Waals surface area contributed by atoms with Crippen LogP contribution in [0.2, 0.25) is 0 Å². The van der Waals surface area contributed by atoms with E-state index in [0.29, 0.717) is 6.04 Å². The smallest absolute Gasteiger partial charge is 0.0587 e. The van der Waals surface area contributed by atoms with Crippen LogP contribution in [0.4, 0.5) is 0 Å². The maximum atomic E-state index is 9.51. The highest BCUT2D eigenvalue weighted by Crippen LogP contribution is 2.23. The quantitative estimate of drug-likeness (QED) is 0.838. The molecule has 1 saturated carbocycles. The number of rotatable bonds is 5. The van der Waals surface area contributed by atoms with Crippen LogP contribution in [0.1, 0.15) is 38.2 Å². The van der Waals surface area contributed by atoms with E-state index in [4.69, 9.17) is 0 Å². The molecule has 1 fully saturated rings. The molecule has 1 aliphatic carbocycles. The van der Waals surface area contributed by atoms with Crippen molar-refractivity contribution < 1.29 is 5.11 Å². The van der Waals surface area contributed by atoms with E-state index in [9.17, 15) is 5.11 Å². The average Bonchev–Trinajstić information content (AvgIpc) is 2.41. The lowest BCUT2D eigenvalue weighted by molar-refractivity contribution is 0.209. The van der Waals surface area contributed by atoms with E-state index in [1.54, 1.807) is 0 Å². The van der Waals surface area contributed by atoms with Crippen molar-refractivity contribution in [2.24, 2.45) is 5.92 Å². The molecule has 0 spiro atoms. The molecule has 100 valence electrons. The molecular formula is C16H25NO. The second-order valence-corrected chi connectivity index (χ2v) is 5.69. The van der Waals surface area contributed by atoms with E-state index in [2.05, 4.69) is 36.5 Å². The Labute approximate surface area is 110 Å². The predicted molar refractivity (Wildman–Crippen MR) is 75.6 cm³/mol. The van der Waals surface area contributed by atoms with Crippen molar-refractivity contribution in [1.82, 2.24) is 5.32 Å². The largest absolute Gasteiger partial charge is 0.395 e. The molecule has 0 amide bonds. The third-order valence-corrected chi connectivity index (χ3v) is 4.03. The number of hydrogen-bond acceptors (Lipinski definition) is 2. The highest BCUT2D eigenvalue weighted by molar-refractivity contribution is 5.16. The molecule has 1 aliphatic rings. The van der Waals surface area contributed by atoms with E-state index >= 15 is 0 Å². The number of benzene rings is 1.